The van der Waals surface area contributed by atoms with E-state index in [2.05, 4.69) is 5.32 Å². The van der Waals surface area contributed by atoms with Crippen molar-refractivity contribution in [1.82, 2.24) is 10.2 Å². The molecule has 5 heteroatoms. The van der Waals surface area contributed by atoms with Gasteiger partial charge in [-0.25, -0.2) is 0 Å². The Bertz CT molecular complexity index is 212. The fraction of sp³-hybridized carbons (Fsp3) is 0.778. The van der Waals surface area contributed by atoms with Gasteiger partial charge in [-0.3, -0.25) is 9.59 Å². The normalized spacial score (nSPS) is 16.5. The van der Waals surface area contributed by atoms with Crippen LogP contribution in [0.4, 0.5) is 0 Å². The number of hydrogen-bond acceptors (Lipinski definition) is 3. The van der Waals surface area contributed by atoms with Crippen LogP contribution in [-0.2, 0) is 14.3 Å². The molecule has 0 saturated carbocycles. The molecule has 5 nitrogen and oxygen atoms in total. The lowest BCUT2D eigenvalue weighted by molar-refractivity contribution is -0.137. The Morgan fingerprint density at radius 1 is 1.29 bits per heavy atom. The maximum Gasteiger partial charge on any atom is 0.223 e. The molecule has 0 aromatic rings. The Morgan fingerprint density at radius 2 is 1.93 bits per heavy atom. The molecular weight excluding hydrogens is 184 g/mol. The molecule has 0 atom stereocenters. The summed E-state index contributed by atoms with van der Waals surface area (Å²) in [5, 5.41) is 2.49. The van der Waals surface area contributed by atoms with E-state index in [0.29, 0.717) is 32.7 Å². The quantitative estimate of drug-likeness (QED) is 0.660. The second-order valence-electron chi connectivity index (χ2n) is 3.17. The SMILES string of the molecule is CNC(=O)CCC(=O)N1CCOCC1. The number of amides is 2. The van der Waals surface area contributed by atoms with Crippen molar-refractivity contribution in [2.45, 2.75) is 12.8 Å². The summed E-state index contributed by atoms with van der Waals surface area (Å²) in [6, 6.07) is 0. The van der Waals surface area contributed by atoms with Crippen molar-refractivity contribution in [3.8, 4) is 0 Å². The van der Waals surface area contributed by atoms with Gasteiger partial charge in [-0.15, -0.1) is 0 Å². The standard InChI is InChI=1S/C9H16N2O3/c1-10-8(12)2-3-9(13)11-4-6-14-7-5-11/h2-7H2,1H3,(H,10,12). The van der Waals surface area contributed by atoms with E-state index < -0.39 is 0 Å². The topological polar surface area (TPSA) is 58.6 Å². The van der Waals surface area contributed by atoms with Crippen LogP contribution in [0.2, 0.25) is 0 Å². The van der Waals surface area contributed by atoms with Crippen LogP contribution >= 0.6 is 0 Å². The molecule has 1 heterocycles. The van der Waals surface area contributed by atoms with E-state index in [0.717, 1.165) is 0 Å². The molecule has 1 saturated heterocycles. The molecule has 0 spiro atoms. The lowest BCUT2D eigenvalue weighted by Crippen LogP contribution is -2.41. The summed E-state index contributed by atoms with van der Waals surface area (Å²) in [4.78, 5) is 24.1. The number of morpholine rings is 1. The lowest BCUT2D eigenvalue weighted by atomic mass is 10.2. The maximum absolute atomic E-state index is 11.5. The fourth-order valence-electron chi connectivity index (χ4n) is 1.32. The van der Waals surface area contributed by atoms with Gasteiger partial charge in [0, 0.05) is 33.0 Å². The van der Waals surface area contributed by atoms with Crippen molar-refractivity contribution in [1.29, 1.82) is 0 Å². The van der Waals surface area contributed by atoms with E-state index in [-0.39, 0.29) is 18.2 Å². The molecule has 0 radical (unpaired) electrons. The summed E-state index contributed by atoms with van der Waals surface area (Å²) in [6.45, 7) is 2.50. The summed E-state index contributed by atoms with van der Waals surface area (Å²) in [5.74, 6) is -0.0523. The Labute approximate surface area is 83.4 Å². The average molecular weight is 200 g/mol. The van der Waals surface area contributed by atoms with Gasteiger partial charge in [-0.1, -0.05) is 0 Å². The van der Waals surface area contributed by atoms with E-state index in [9.17, 15) is 9.59 Å². The minimum atomic E-state index is -0.0911. The highest BCUT2D eigenvalue weighted by Crippen LogP contribution is 2.01. The molecule has 80 valence electrons. The van der Waals surface area contributed by atoms with E-state index in [1.807, 2.05) is 0 Å². The maximum atomic E-state index is 11.5. The third kappa shape index (κ3) is 3.33. The van der Waals surface area contributed by atoms with Gasteiger partial charge in [-0.2, -0.15) is 0 Å². The van der Waals surface area contributed by atoms with Crippen LogP contribution in [0, 0.1) is 0 Å². The first-order valence-electron chi connectivity index (χ1n) is 4.80. The van der Waals surface area contributed by atoms with Gasteiger partial charge in [0.2, 0.25) is 11.8 Å². The predicted octanol–water partition coefficient (Wildman–Crippen LogP) is -0.629. The third-order valence-electron chi connectivity index (χ3n) is 2.21. The molecule has 1 aliphatic rings. The van der Waals surface area contributed by atoms with E-state index >= 15 is 0 Å². The molecule has 1 N–H and O–H groups in total. The zero-order chi connectivity index (χ0) is 10.4. The van der Waals surface area contributed by atoms with Crippen molar-refractivity contribution in [3.05, 3.63) is 0 Å². The lowest BCUT2D eigenvalue weighted by Gasteiger charge is -2.26. The summed E-state index contributed by atoms with van der Waals surface area (Å²) in [7, 11) is 1.57. The molecule has 0 unspecified atom stereocenters. The van der Waals surface area contributed by atoms with Gasteiger partial charge in [0.15, 0.2) is 0 Å². The Morgan fingerprint density at radius 3 is 2.50 bits per heavy atom. The van der Waals surface area contributed by atoms with E-state index in [1.165, 1.54) is 0 Å². The largest absolute Gasteiger partial charge is 0.378 e. The molecule has 0 aliphatic carbocycles. The number of ether oxygens (including phenoxy) is 1. The Balaban J connectivity index is 2.23. The van der Waals surface area contributed by atoms with Crippen LogP contribution in [0.5, 0.6) is 0 Å². The Kier molecular flexibility index (Phi) is 4.39. The first-order valence-corrected chi connectivity index (χ1v) is 4.80. The Hall–Kier alpha value is -1.10. The number of hydrogen-bond donors (Lipinski definition) is 1. The molecular formula is C9H16N2O3. The molecule has 0 aromatic heterocycles. The first-order chi connectivity index (χ1) is 6.74. The molecule has 0 bridgehead atoms. The average Bonchev–Trinajstić information content (AvgIpc) is 2.26. The minimum Gasteiger partial charge on any atom is -0.378 e. The highest BCUT2D eigenvalue weighted by Gasteiger charge is 2.16. The number of nitrogens with one attached hydrogen (secondary N) is 1. The number of carbonyl (C=O) groups is 2. The van der Waals surface area contributed by atoms with Crippen LogP contribution in [-0.4, -0.2) is 50.1 Å². The van der Waals surface area contributed by atoms with Gasteiger partial charge < -0.3 is 15.0 Å². The fourth-order valence-corrected chi connectivity index (χ4v) is 1.32. The van der Waals surface area contributed by atoms with Gasteiger partial charge >= 0.3 is 0 Å². The summed E-state index contributed by atoms with van der Waals surface area (Å²) < 4.78 is 5.12. The van der Waals surface area contributed by atoms with Crippen molar-refractivity contribution < 1.29 is 14.3 Å². The van der Waals surface area contributed by atoms with Gasteiger partial charge in [0.05, 0.1) is 13.2 Å². The highest BCUT2D eigenvalue weighted by molar-refractivity contribution is 5.83. The predicted molar refractivity (Wildman–Crippen MR) is 50.7 cm³/mol. The summed E-state index contributed by atoms with van der Waals surface area (Å²) in [5.41, 5.74) is 0. The number of rotatable bonds is 3. The van der Waals surface area contributed by atoms with Crippen LogP contribution in [0.3, 0.4) is 0 Å². The van der Waals surface area contributed by atoms with Crippen LogP contribution in [0.1, 0.15) is 12.8 Å². The molecule has 2 amide bonds. The second kappa shape index (κ2) is 5.59. The molecule has 1 fully saturated rings. The zero-order valence-corrected chi connectivity index (χ0v) is 8.41. The second-order valence-corrected chi connectivity index (χ2v) is 3.17. The van der Waals surface area contributed by atoms with Crippen LogP contribution < -0.4 is 5.32 Å². The van der Waals surface area contributed by atoms with Crippen molar-refractivity contribution in [2.24, 2.45) is 0 Å². The van der Waals surface area contributed by atoms with Gasteiger partial charge in [-0.05, 0) is 0 Å². The monoisotopic (exact) mass is 200 g/mol. The van der Waals surface area contributed by atoms with Crippen molar-refractivity contribution in [2.75, 3.05) is 33.4 Å². The summed E-state index contributed by atoms with van der Waals surface area (Å²) in [6.07, 6.45) is 0.562. The molecule has 14 heavy (non-hydrogen) atoms. The molecule has 1 aliphatic heterocycles. The van der Waals surface area contributed by atoms with Crippen molar-refractivity contribution in [3.63, 3.8) is 0 Å². The minimum absolute atomic E-state index is 0.0388. The zero-order valence-electron chi connectivity index (χ0n) is 8.41. The van der Waals surface area contributed by atoms with Gasteiger partial charge in [0.1, 0.15) is 0 Å². The van der Waals surface area contributed by atoms with E-state index in [4.69, 9.17) is 4.74 Å². The van der Waals surface area contributed by atoms with E-state index in [1.54, 1.807) is 11.9 Å². The summed E-state index contributed by atoms with van der Waals surface area (Å²) >= 11 is 0. The third-order valence-corrected chi connectivity index (χ3v) is 2.21. The van der Waals surface area contributed by atoms with Gasteiger partial charge in [0.25, 0.3) is 0 Å². The molecule has 0 aromatic carbocycles. The molecule has 1 rings (SSSR count). The smallest absolute Gasteiger partial charge is 0.223 e. The number of nitrogens with zero attached hydrogens (tertiary/aromatic N) is 1. The number of carbonyl (C=O) groups excluding carboxylic acids is 2. The highest BCUT2D eigenvalue weighted by atomic mass is 16.5. The van der Waals surface area contributed by atoms with Crippen molar-refractivity contribution >= 4 is 11.8 Å². The van der Waals surface area contributed by atoms with Crippen LogP contribution in [0.15, 0.2) is 0 Å². The van der Waals surface area contributed by atoms with Crippen LogP contribution in [0.25, 0.3) is 0 Å². The first kappa shape index (κ1) is 11.0.